The number of aryl methyl sites for hydroxylation is 1. The summed E-state index contributed by atoms with van der Waals surface area (Å²) in [5.74, 6) is 0.0678. The Morgan fingerprint density at radius 2 is 1.91 bits per heavy atom. The number of rotatable bonds is 9. The fourth-order valence-electron chi connectivity index (χ4n) is 3.17. The molecular formula is C23H28F2N4O3. The van der Waals surface area contributed by atoms with Gasteiger partial charge in [-0.1, -0.05) is 13.8 Å². The fourth-order valence-corrected chi connectivity index (χ4v) is 3.17. The summed E-state index contributed by atoms with van der Waals surface area (Å²) in [6, 6.07) is 4.66. The van der Waals surface area contributed by atoms with Gasteiger partial charge < -0.3 is 15.4 Å². The predicted molar refractivity (Wildman–Crippen MR) is 116 cm³/mol. The summed E-state index contributed by atoms with van der Waals surface area (Å²) in [7, 11) is 0. The number of carbonyl (C=O) groups excluding carboxylic acids is 2. The van der Waals surface area contributed by atoms with Gasteiger partial charge in [-0.2, -0.15) is 0 Å². The Kier molecular flexibility index (Phi) is 7.37. The van der Waals surface area contributed by atoms with E-state index in [2.05, 4.69) is 20.6 Å². The molecule has 2 N–H and O–H groups in total. The van der Waals surface area contributed by atoms with E-state index in [1.807, 2.05) is 13.0 Å². The molecule has 1 saturated carbocycles. The summed E-state index contributed by atoms with van der Waals surface area (Å²) in [5.41, 5.74) is 2.52. The lowest BCUT2D eigenvalue weighted by Gasteiger charge is -2.17. The maximum atomic E-state index is 12.8. The highest BCUT2D eigenvalue weighted by Gasteiger charge is 2.29. The Bertz CT molecular complexity index is 993. The maximum Gasteiger partial charge on any atom is 0.272 e. The molecule has 0 spiro atoms. The van der Waals surface area contributed by atoms with Gasteiger partial charge in [0.25, 0.3) is 12.3 Å². The SMILES string of the molecule is Cc1cc(C(=O)NC(C)c2cnc(OCC(F)F)c(C3CC3)c2)cc(NC(=O)C(C)C)n1. The monoisotopic (exact) mass is 446 g/mol. The molecule has 1 atom stereocenters. The number of nitrogens with one attached hydrogen (secondary N) is 2. The number of halogens is 2. The summed E-state index contributed by atoms with van der Waals surface area (Å²) < 4.78 is 30.2. The van der Waals surface area contributed by atoms with Gasteiger partial charge in [-0.25, -0.2) is 18.7 Å². The molecule has 9 heteroatoms. The molecule has 1 unspecified atom stereocenters. The molecule has 2 aromatic rings. The topological polar surface area (TPSA) is 93.2 Å². The highest BCUT2D eigenvalue weighted by Crippen LogP contribution is 2.44. The number of ether oxygens (including phenoxy) is 1. The average Bonchev–Trinajstić information content (AvgIpc) is 3.56. The summed E-state index contributed by atoms with van der Waals surface area (Å²) in [6.07, 6.45) is 0.876. The fraction of sp³-hybridized carbons (Fsp3) is 0.478. The molecule has 1 aliphatic carbocycles. The highest BCUT2D eigenvalue weighted by atomic mass is 19.3. The number of nitrogens with zero attached hydrogens (tertiary/aromatic N) is 2. The molecule has 2 aromatic heterocycles. The second-order valence-corrected chi connectivity index (χ2v) is 8.36. The van der Waals surface area contributed by atoms with Gasteiger partial charge in [-0.15, -0.1) is 0 Å². The molecule has 2 heterocycles. The van der Waals surface area contributed by atoms with Crippen LogP contribution in [-0.4, -0.2) is 34.8 Å². The van der Waals surface area contributed by atoms with Crippen molar-refractivity contribution >= 4 is 17.6 Å². The lowest BCUT2D eigenvalue weighted by molar-refractivity contribution is -0.118. The van der Waals surface area contributed by atoms with Gasteiger partial charge >= 0.3 is 0 Å². The molecule has 3 rings (SSSR count). The van der Waals surface area contributed by atoms with Crippen molar-refractivity contribution in [3.05, 3.63) is 46.8 Å². The minimum Gasteiger partial charge on any atom is -0.471 e. The summed E-state index contributed by atoms with van der Waals surface area (Å²) >= 11 is 0. The van der Waals surface area contributed by atoms with Crippen LogP contribution in [0.4, 0.5) is 14.6 Å². The summed E-state index contributed by atoms with van der Waals surface area (Å²) in [4.78, 5) is 33.3. The van der Waals surface area contributed by atoms with Crippen LogP contribution in [0.2, 0.25) is 0 Å². The van der Waals surface area contributed by atoms with Gasteiger partial charge in [0.15, 0.2) is 6.61 Å². The first-order chi connectivity index (χ1) is 15.1. The minimum atomic E-state index is -2.57. The molecule has 1 aliphatic rings. The molecule has 7 nitrogen and oxygen atoms in total. The number of amides is 2. The summed E-state index contributed by atoms with van der Waals surface area (Å²) in [5, 5.41) is 5.63. The minimum absolute atomic E-state index is 0.185. The van der Waals surface area contributed by atoms with Crippen LogP contribution < -0.4 is 15.4 Å². The van der Waals surface area contributed by atoms with Crippen LogP contribution in [0.15, 0.2) is 24.4 Å². The molecular weight excluding hydrogens is 418 g/mol. The Morgan fingerprint density at radius 1 is 1.19 bits per heavy atom. The Labute approximate surface area is 186 Å². The number of anilines is 1. The van der Waals surface area contributed by atoms with E-state index in [9.17, 15) is 18.4 Å². The number of alkyl halides is 2. The van der Waals surface area contributed by atoms with E-state index in [1.165, 1.54) is 12.3 Å². The van der Waals surface area contributed by atoms with Gasteiger partial charge in [0.1, 0.15) is 5.82 Å². The Balaban J connectivity index is 1.73. The van der Waals surface area contributed by atoms with Crippen molar-refractivity contribution in [3.63, 3.8) is 0 Å². The number of carbonyl (C=O) groups is 2. The predicted octanol–water partition coefficient (Wildman–Crippen LogP) is 4.39. The molecule has 0 saturated heterocycles. The molecule has 0 bridgehead atoms. The van der Waals surface area contributed by atoms with E-state index in [4.69, 9.17) is 4.74 Å². The van der Waals surface area contributed by atoms with Gasteiger partial charge in [-0.3, -0.25) is 9.59 Å². The van der Waals surface area contributed by atoms with Crippen molar-refractivity contribution in [2.75, 3.05) is 11.9 Å². The quantitative estimate of drug-likeness (QED) is 0.596. The molecule has 0 aromatic carbocycles. The van der Waals surface area contributed by atoms with Crippen LogP contribution >= 0.6 is 0 Å². The third kappa shape index (κ3) is 6.21. The zero-order chi connectivity index (χ0) is 23.4. The number of pyridine rings is 2. The number of hydrogen-bond donors (Lipinski definition) is 2. The first kappa shape index (κ1) is 23.6. The zero-order valence-electron chi connectivity index (χ0n) is 18.6. The van der Waals surface area contributed by atoms with Gasteiger partial charge in [0.2, 0.25) is 11.8 Å². The van der Waals surface area contributed by atoms with Crippen molar-refractivity contribution in [2.45, 2.75) is 58.9 Å². The number of aromatic nitrogens is 2. The van der Waals surface area contributed by atoms with Crippen LogP contribution in [0, 0.1) is 12.8 Å². The summed E-state index contributed by atoms with van der Waals surface area (Å²) in [6.45, 7) is 6.41. The number of hydrogen-bond acceptors (Lipinski definition) is 5. The van der Waals surface area contributed by atoms with Crippen molar-refractivity contribution in [3.8, 4) is 5.88 Å². The van der Waals surface area contributed by atoms with E-state index in [-0.39, 0.29) is 35.6 Å². The zero-order valence-corrected chi connectivity index (χ0v) is 18.6. The lowest BCUT2D eigenvalue weighted by atomic mass is 10.0. The highest BCUT2D eigenvalue weighted by molar-refractivity contribution is 5.97. The van der Waals surface area contributed by atoms with Gasteiger partial charge in [-0.05, 0) is 56.4 Å². The van der Waals surface area contributed by atoms with E-state index in [0.717, 1.165) is 24.0 Å². The standard InChI is InChI=1S/C23H28F2N4O3/c1-12(2)21(30)29-20-9-16(7-13(3)27-20)22(31)28-14(4)17-8-18(15-5-6-15)23(26-10-17)32-11-19(24)25/h7-10,12,14-15,19H,5-6,11H2,1-4H3,(H,28,31)(H,27,29,30). The first-order valence-corrected chi connectivity index (χ1v) is 10.6. The van der Waals surface area contributed by atoms with Gasteiger partial charge in [0, 0.05) is 28.9 Å². The second kappa shape index (κ2) is 10.0. The third-order valence-corrected chi connectivity index (χ3v) is 5.10. The maximum absolute atomic E-state index is 12.8. The van der Waals surface area contributed by atoms with Crippen LogP contribution in [0.3, 0.4) is 0 Å². The largest absolute Gasteiger partial charge is 0.471 e. The smallest absolute Gasteiger partial charge is 0.272 e. The molecule has 1 fully saturated rings. The molecule has 0 radical (unpaired) electrons. The van der Waals surface area contributed by atoms with Crippen molar-refractivity contribution < 1.29 is 23.1 Å². The normalized spacial score (nSPS) is 14.4. The Hall–Kier alpha value is -3.10. The van der Waals surface area contributed by atoms with E-state index < -0.39 is 13.0 Å². The van der Waals surface area contributed by atoms with Crippen molar-refractivity contribution in [2.24, 2.45) is 5.92 Å². The van der Waals surface area contributed by atoms with E-state index >= 15 is 0 Å². The third-order valence-electron chi connectivity index (χ3n) is 5.10. The van der Waals surface area contributed by atoms with Crippen molar-refractivity contribution in [1.82, 2.24) is 15.3 Å². The van der Waals surface area contributed by atoms with Crippen molar-refractivity contribution in [1.29, 1.82) is 0 Å². The van der Waals surface area contributed by atoms with E-state index in [1.54, 1.807) is 26.8 Å². The molecule has 172 valence electrons. The van der Waals surface area contributed by atoms with E-state index in [0.29, 0.717) is 17.1 Å². The lowest BCUT2D eigenvalue weighted by Crippen LogP contribution is -2.27. The second-order valence-electron chi connectivity index (χ2n) is 8.36. The first-order valence-electron chi connectivity index (χ1n) is 10.6. The molecule has 2 amide bonds. The van der Waals surface area contributed by atoms with Gasteiger partial charge in [0.05, 0.1) is 6.04 Å². The van der Waals surface area contributed by atoms with Crippen LogP contribution in [0.25, 0.3) is 0 Å². The van der Waals surface area contributed by atoms with Crippen LogP contribution in [0.5, 0.6) is 5.88 Å². The van der Waals surface area contributed by atoms with Crippen LogP contribution in [0.1, 0.15) is 72.8 Å². The molecule has 32 heavy (non-hydrogen) atoms. The molecule has 0 aliphatic heterocycles. The Morgan fingerprint density at radius 3 is 2.53 bits per heavy atom. The van der Waals surface area contributed by atoms with Crippen LogP contribution in [-0.2, 0) is 4.79 Å². The average molecular weight is 446 g/mol.